The molecule has 0 aliphatic heterocycles. The van der Waals surface area contributed by atoms with Gasteiger partial charge in [-0.15, -0.1) is 0 Å². The Morgan fingerprint density at radius 3 is 2.35 bits per heavy atom. The average molecular weight is 531 g/mol. The number of hydrazone groups is 1. The predicted octanol–water partition coefficient (Wildman–Crippen LogP) is 6.09. The maximum absolute atomic E-state index is 13.2. The molecule has 0 fully saturated rings. The van der Waals surface area contributed by atoms with Crippen molar-refractivity contribution in [3.8, 4) is 0 Å². The number of amides is 1. The summed E-state index contributed by atoms with van der Waals surface area (Å²) in [6.07, 6.45) is -0.614. The molecule has 34 heavy (non-hydrogen) atoms. The average Bonchev–Trinajstić information content (AvgIpc) is 2.82. The molecule has 0 aliphatic rings. The summed E-state index contributed by atoms with van der Waals surface area (Å²) in [6.45, 7) is -0.718. The molecule has 0 radical (unpaired) electrons. The Labute approximate surface area is 202 Å². The van der Waals surface area contributed by atoms with Gasteiger partial charge >= 0.3 is 12.1 Å². The highest BCUT2D eigenvalue weighted by Crippen LogP contribution is 2.31. The van der Waals surface area contributed by atoms with Crippen molar-refractivity contribution >= 4 is 45.8 Å². The van der Waals surface area contributed by atoms with Gasteiger partial charge in [0.05, 0.1) is 17.5 Å². The first kappa shape index (κ1) is 24.9. The third-order valence-electron chi connectivity index (χ3n) is 4.37. The topological polar surface area (TPSA) is 59.0 Å². The van der Waals surface area contributed by atoms with Crippen molar-refractivity contribution in [1.82, 2.24) is 0 Å². The Morgan fingerprint density at radius 1 is 0.941 bits per heavy atom. The summed E-state index contributed by atoms with van der Waals surface area (Å²) in [5, 5.41) is 4.82. The summed E-state index contributed by atoms with van der Waals surface area (Å²) in [7, 11) is 0. The highest BCUT2D eigenvalue weighted by molar-refractivity contribution is 9.10. The Hall–Kier alpha value is -3.72. The van der Waals surface area contributed by atoms with Gasteiger partial charge in [0.25, 0.3) is 5.91 Å². The zero-order valence-corrected chi connectivity index (χ0v) is 19.2. The quantitative estimate of drug-likeness (QED) is 0.161. The number of anilines is 1. The molecule has 0 N–H and O–H groups in total. The van der Waals surface area contributed by atoms with Gasteiger partial charge in [0, 0.05) is 10.5 Å². The van der Waals surface area contributed by atoms with E-state index in [1.54, 1.807) is 48.5 Å². The molecule has 0 unspecified atom stereocenters. The lowest BCUT2D eigenvalue weighted by molar-refractivity contribution is -0.142. The molecule has 3 rings (SSSR count). The minimum atomic E-state index is -4.60. The second-order valence-electron chi connectivity index (χ2n) is 6.90. The first-order chi connectivity index (χ1) is 16.2. The van der Waals surface area contributed by atoms with E-state index in [-0.39, 0.29) is 5.69 Å². The summed E-state index contributed by atoms with van der Waals surface area (Å²) in [5.74, 6) is -1.61. The van der Waals surface area contributed by atoms with Crippen LogP contribution in [0.5, 0.6) is 0 Å². The standard InChI is InChI=1S/C25H18BrF3N2O3/c26-21-10-4-8-18(14-21)12-13-24(33)34-17-23(32)31(30-16-19-6-2-1-3-7-19)22-11-5-9-20(15-22)25(27,28)29/h1-16H,17H2/b13-12+,30-16-. The normalized spacial score (nSPS) is 11.6. The lowest BCUT2D eigenvalue weighted by atomic mass is 10.2. The van der Waals surface area contributed by atoms with Gasteiger partial charge in [-0.1, -0.05) is 64.5 Å². The first-order valence-electron chi connectivity index (χ1n) is 9.92. The third kappa shape index (κ3) is 7.41. The van der Waals surface area contributed by atoms with Crippen LogP contribution in [0, 0.1) is 0 Å². The van der Waals surface area contributed by atoms with Crippen molar-refractivity contribution in [3.05, 3.63) is 106 Å². The molecule has 0 bridgehead atoms. The number of ether oxygens (including phenoxy) is 1. The lowest BCUT2D eigenvalue weighted by Gasteiger charge is -2.18. The summed E-state index contributed by atoms with van der Waals surface area (Å²) < 4.78 is 45.3. The smallest absolute Gasteiger partial charge is 0.416 e. The fourth-order valence-corrected chi connectivity index (χ4v) is 3.19. The predicted molar refractivity (Wildman–Crippen MR) is 127 cm³/mol. The van der Waals surface area contributed by atoms with Crippen LogP contribution < -0.4 is 5.01 Å². The minimum Gasteiger partial charge on any atom is -0.452 e. The molecule has 0 spiro atoms. The number of carbonyl (C=O) groups is 2. The molecular formula is C25H18BrF3N2O3. The number of carbonyl (C=O) groups excluding carboxylic acids is 2. The van der Waals surface area contributed by atoms with Crippen LogP contribution in [0.3, 0.4) is 0 Å². The monoisotopic (exact) mass is 530 g/mol. The molecule has 5 nitrogen and oxygen atoms in total. The number of esters is 1. The van der Waals surface area contributed by atoms with E-state index < -0.39 is 30.2 Å². The lowest BCUT2D eigenvalue weighted by Crippen LogP contribution is -2.30. The minimum absolute atomic E-state index is 0.118. The maximum atomic E-state index is 13.2. The Balaban J connectivity index is 1.76. The van der Waals surface area contributed by atoms with E-state index in [1.165, 1.54) is 24.4 Å². The second-order valence-corrected chi connectivity index (χ2v) is 7.82. The molecule has 0 aliphatic carbocycles. The van der Waals surface area contributed by atoms with E-state index in [0.717, 1.165) is 33.3 Å². The van der Waals surface area contributed by atoms with Gasteiger partial charge in [-0.2, -0.15) is 23.3 Å². The molecule has 1 amide bonds. The fraction of sp³-hybridized carbons (Fsp3) is 0.0800. The van der Waals surface area contributed by atoms with Crippen molar-refractivity contribution in [2.75, 3.05) is 11.6 Å². The van der Waals surface area contributed by atoms with E-state index in [0.29, 0.717) is 5.56 Å². The molecule has 174 valence electrons. The number of halogens is 4. The van der Waals surface area contributed by atoms with Crippen LogP contribution >= 0.6 is 15.9 Å². The highest BCUT2D eigenvalue weighted by atomic mass is 79.9. The molecule has 3 aromatic rings. The van der Waals surface area contributed by atoms with Gasteiger partial charge in [-0.05, 0) is 47.5 Å². The Morgan fingerprint density at radius 2 is 1.65 bits per heavy atom. The zero-order chi connectivity index (χ0) is 24.6. The molecule has 9 heteroatoms. The van der Waals surface area contributed by atoms with Crippen molar-refractivity contribution in [3.63, 3.8) is 0 Å². The summed E-state index contributed by atoms with van der Waals surface area (Å²) in [6, 6.07) is 20.0. The SMILES string of the molecule is O=C(/C=C/c1cccc(Br)c1)OCC(=O)N(/N=C\c1ccccc1)c1cccc(C(F)(F)F)c1. The molecular weight excluding hydrogens is 513 g/mol. The Kier molecular flexibility index (Phi) is 8.37. The fourth-order valence-electron chi connectivity index (χ4n) is 2.77. The van der Waals surface area contributed by atoms with Gasteiger partial charge in [-0.3, -0.25) is 4.79 Å². The molecule has 0 aromatic heterocycles. The largest absolute Gasteiger partial charge is 0.452 e. The highest BCUT2D eigenvalue weighted by Gasteiger charge is 2.31. The third-order valence-corrected chi connectivity index (χ3v) is 4.87. The van der Waals surface area contributed by atoms with Crippen molar-refractivity contribution in [1.29, 1.82) is 0 Å². The molecule has 0 saturated carbocycles. The van der Waals surface area contributed by atoms with Crippen molar-refractivity contribution in [2.24, 2.45) is 5.10 Å². The van der Waals surface area contributed by atoms with E-state index in [4.69, 9.17) is 4.74 Å². The summed E-state index contributed by atoms with van der Waals surface area (Å²) in [4.78, 5) is 24.8. The summed E-state index contributed by atoms with van der Waals surface area (Å²) in [5.41, 5.74) is 0.302. The number of hydrogen-bond donors (Lipinski definition) is 0. The summed E-state index contributed by atoms with van der Waals surface area (Å²) >= 11 is 3.32. The number of nitrogens with zero attached hydrogens (tertiary/aromatic N) is 2. The zero-order valence-electron chi connectivity index (χ0n) is 17.6. The van der Waals surface area contributed by atoms with Gasteiger partial charge in [-0.25, -0.2) is 4.79 Å². The van der Waals surface area contributed by atoms with Crippen LogP contribution in [0.25, 0.3) is 6.08 Å². The van der Waals surface area contributed by atoms with Gasteiger partial charge < -0.3 is 4.74 Å². The number of alkyl halides is 3. The van der Waals surface area contributed by atoms with Gasteiger partial charge in [0.1, 0.15) is 0 Å². The Bertz CT molecular complexity index is 1210. The first-order valence-corrected chi connectivity index (χ1v) is 10.7. The van der Waals surface area contributed by atoms with Crippen LogP contribution in [0.1, 0.15) is 16.7 Å². The number of rotatable bonds is 7. The van der Waals surface area contributed by atoms with E-state index in [1.807, 2.05) is 6.07 Å². The van der Waals surface area contributed by atoms with E-state index in [9.17, 15) is 22.8 Å². The van der Waals surface area contributed by atoms with Crippen molar-refractivity contribution in [2.45, 2.75) is 6.18 Å². The van der Waals surface area contributed by atoms with Gasteiger partial charge in [0.15, 0.2) is 6.61 Å². The van der Waals surface area contributed by atoms with Crippen LogP contribution in [0.15, 0.2) is 94.5 Å². The molecule has 3 aromatic carbocycles. The van der Waals surface area contributed by atoms with Crippen LogP contribution in [0.2, 0.25) is 0 Å². The van der Waals surface area contributed by atoms with Crippen LogP contribution in [-0.2, 0) is 20.5 Å². The number of benzene rings is 3. The van der Waals surface area contributed by atoms with Crippen LogP contribution in [-0.4, -0.2) is 24.7 Å². The van der Waals surface area contributed by atoms with Crippen molar-refractivity contribution < 1.29 is 27.5 Å². The van der Waals surface area contributed by atoms with E-state index >= 15 is 0 Å². The molecule has 0 saturated heterocycles. The molecule has 0 heterocycles. The second kappa shape index (κ2) is 11.4. The maximum Gasteiger partial charge on any atom is 0.416 e. The van der Waals surface area contributed by atoms with Gasteiger partial charge in [0.2, 0.25) is 0 Å². The van der Waals surface area contributed by atoms with Crippen LogP contribution in [0.4, 0.5) is 18.9 Å². The number of hydrogen-bond acceptors (Lipinski definition) is 4. The van der Waals surface area contributed by atoms with E-state index in [2.05, 4.69) is 21.0 Å². The molecule has 0 atom stereocenters.